The zero-order chi connectivity index (χ0) is 17.2. The van der Waals surface area contributed by atoms with Crippen LogP contribution in [-0.2, 0) is 6.42 Å². The number of aromatic nitrogens is 4. The number of H-pyrrole nitrogens is 1. The van der Waals surface area contributed by atoms with Gasteiger partial charge in [0.25, 0.3) is 0 Å². The Labute approximate surface area is 139 Å². The van der Waals surface area contributed by atoms with Gasteiger partial charge in [-0.3, -0.25) is 4.40 Å². The Morgan fingerprint density at radius 3 is 2.43 bits per heavy atom. The van der Waals surface area contributed by atoms with Crippen molar-refractivity contribution in [2.45, 2.75) is 52.2 Å². The molecule has 3 heterocycles. The van der Waals surface area contributed by atoms with E-state index in [0.29, 0.717) is 11.5 Å². The second-order valence-corrected chi connectivity index (χ2v) is 11.4. The van der Waals surface area contributed by atoms with Gasteiger partial charge in [0, 0.05) is 27.5 Å². The fraction of sp³-hybridized carbons (Fsp3) is 0.529. The van der Waals surface area contributed by atoms with E-state index in [9.17, 15) is 0 Å². The SMILES string of the molecule is C[SiH](C)C(C)(C)C.Cc1nnc2ccc3[nH]c(CCO)cc3n12. The van der Waals surface area contributed by atoms with E-state index in [-0.39, 0.29) is 15.4 Å². The van der Waals surface area contributed by atoms with Crippen molar-refractivity contribution in [3.63, 3.8) is 0 Å². The molecule has 3 rings (SSSR count). The number of nitrogens with one attached hydrogen (secondary N) is 1. The highest BCUT2D eigenvalue weighted by atomic mass is 28.3. The lowest BCUT2D eigenvalue weighted by atomic mass is 10.2. The highest BCUT2D eigenvalue weighted by Gasteiger charge is 2.15. The normalized spacial score (nSPS) is 12.0. The summed E-state index contributed by atoms with van der Waals surface area (Å²) in [5.41, 5.74) is 3.97. The van der Waals surface area contributed by atoms with Crippen molar-refractivity contribution in [3.8, 4) is 0 Å². The third-order valence-electron chi connectivity index (χ3n) is 4.49. The number of hydrogen-bond donors (Lipinski definition) is 2. The molecule has 0 amide bonds. The quantitative estimate of drug-likeness (QED) is 0.707. The Bertz CT molecular complexity index is 783. The molecule has 0 atom stereocenters. The van der Waals surface area contributed by atoms with Crippen LogP contribution in [0.2, 0.25) is 18.1 Å². The van der Waals surface area contributed by atoms with E-state index in [2.05, 4.69) is 49.0 Å². The van der Waals surface area contributed by atoms with E-state index in [1.807, 2.05) is 29.5 Å². The number of pyridine rings is 1. The summed E-state index contributed by atoms with van der Waals surface area (Å²) in [6.45, 7) is 13.8. The Kier molecular flexibility index (Phi) is 5.26. The maximum atomic E-state index is 8.92. The van der Waals surface area contributed by atoms with Crippen LogP contribution < -0.4 is 0 Å². The molecule has 3 aromatic rings. The third-order valence-corrected chi connectivity index (χ3v) is 7.95. The lowest BCUT2D eigenvalue weighted by Crippen LogP contribution is -2.16. The lowest BCUT2D eigenvalue weighted by molar-refractivity contribution is 0.298. The fourth-order valence-electron chi connectivity index (χ4n) is 2.03. The van der Waals surface area contributed by atoms with Crippen LogP contribution in [0.1, 0.15) is 32.3 Å². The van der Waals surface area contributed by atoms with Crippen molar-refractivity contribution in [3.05, 3.63) is 29.7 Å². The zero-order valence-electron chi connectivity index (χ0n) is 15.0. The highest BCUT2D eigenvalue weighted by molar-refractivity contribution is 6.59. The Balaban J connectivity index is 0.000000236. The Morgan fingerprint density at radius 2 is 1.87 bits per heavy atom. The van der Waals surface area contributed by atoms with Crippen LogP contribution >= 0.6 is 0 Å². The van der Waals surface area contributed by atoms with Crippen molar-refractivity contribution in [1.29, 1.82) is 0 Å². The van der Waals surface area contributed by atoms with E-state index < -0.39 is 0 Å². The molecule has 0 unspecified atom stereocenters. The van der Waals surface area contributed by atoms with E-state index in [4.69, 9.17) is 5.11 Å². The van der Waals surface area contributed by atoms with Crippen LogP contribution in [0.4, 0.5) is 0 Å². The molecule has 23 heavy (non-hydrogen) atoms. The number of nitrogens with zero attached hydrogens (tertiary/aromatic N) is 3. The van der Waals surface area contributed by atoms with Crippen LogP contribution in [-0.4, -0.2) is 40.1 Å². The Hall–Kier alpha value is -1.66. The zero-order valence-corrected chi connectivity index (χ0v) is 16.2. The van der Waals surface area contributed by atoms with Crippen LogP contribution in [0.15, 0.2) is 18.2 Å². The van der Waals surface area contributed by atoms with Crippen molar-refractivity contribution < 1.29 is 5.11 Å². The van der Waals surface area contributed by atoms with Gasteiger partial charge < -0.3 is 10.1 Å². The first-order chi connectivity index (χ1) is 10.7. The Morgan fingerprint density at radius 1 is 1.22 bits per heavy atom. The van der Waals surface area contributed by atoms with E-state index in [1.165, 1.54) is 0 Å². The summed E-state index contributed by atoms with van der Waals surface area (Å²) in [6, 6.07) is 5.95. The molecule has 0 radical (unpaired) electrons. The maximum absolute atomic E-state index is 8.92. The third kappa shape index (κ3) is 4.00. The number of rotatable bonds is 2. The number of fused-ring (bicyclic) bond motifs is 3. The van der Waals surface area contributed by atoms with Crippen LogP contribution in [0.5, 0.6) is 0 Å². The monoisotopic (exact) mass is 332 g/mol. The van der Waals surface area contributed by atoms with Crippen LogP contribution in [0.3, 0.4) is 0 Å². The van der Waals surface area contributed by atoms with Crippen LogP contribution in [0.25, 0.3) is 16.7 Å². The summed E-state index contributed by atoms with van der Waals surface area (Å²) in [6.07, 6.45) is 0.636. The first-order valence-electron chi connectivity index (χ1n) is 8.17. The molecule has 0 fully saturated rings. The predicted molar refractivity (Wildman–Crippen MR) is 99.0 cm³/mol. The topological polar surface area (TPSA) is 66.2 Å². The second kappa shape index (κ2) is 6.84. The van der Waals surface area contributed by atoms with Gasteiger partial charge >= 0.3 is 0 Å². The number of aromatic amines is 1. The highest BCUT2D eigenvalue weighted by Crippen LogP contribution is 2.25. The maximum Gasteiger partial charge on any atom is 0.161 e. The van der Waals surface area contributed by atoms with Crippen LogP contribution in [0, 0.1) is 6.92 Å². The van der Waals surface area contributed by atoms with E-state index in [1.54, 1.807) is 0 Å². The first kappa shape index (κ1) is 17.7. The molecule has 0 saturated heterocycles. The standard InChI is InChI=1S/C11H12N4O.C6H16Si/c1-7-13-14-11-3-2-9-10(15(7)11)6-8(12-9)4-5-16;1-6(2,3)7(4)5/h2-3,6,12,16H,4-5H2,1H3;7H,1-5H3. The number of aryl methyl sites for hydroxylation is 1. The van der Waals surface area contributed by atoms with Gasteiger partial charge in [-0.1, -0.05) is 33.9 Å². The number of hydrogen-bond acceptors (Lipinski definition) is 3. The smallest absolute Gasteiger partial charge is 0.161 e. The minimum absolute atomic E-state index is 0.150. The molecule has 2 N–H and O–H groups in total. The molecule has 0 aliphatic heterocycles. The molecule has 126 valence electrons. The first-order valence-corrected chi connectivity index (χ1v) is 11.1. The fourth-order valence-corrected chi connectivity index (χ4v) is 2.03. The summed E-state index contributed by atoms with van der Waals surface area (Å²) in [5, 5.41) is 17.7. The van der Waals surface area contributed by atoms with Crippen molar-refractivity contribution >= 4 is 25.5 Å². The summed E-state index contributed by atoms with van der Waals surface area (Å²) in [5.74, 6) is 0.871. The molecular weight excluding hydrogens is 304 g/mol. The van der Waals surface area contributed by atoms with Gasteiger partial charge in [0.1, 0.15) is 5.82 Å². The summed E-state index contributed by atoms with van der Waals surface area (Å²) >= 11 is 0. The van der Waals surface area contributed by atoms with Gasteiger partial charge in [-0.25, -0.2) is 0 Å². The van der Waals surface area contributed by atoms with Gasteiger partial charge in [-0.05, 0) is 30.2 Å². The van der Waals surface area contributed by atoms with Gasteiger partial charge in [0.05, 0.1) is 11.0 Å². The molecule has 3 aromatic heterocycles. The minimum Gasteiger partial charge on any atom is -0.396 e. The van der Waals surface area contributed by atoms with Crippen molar-refractivity contribution in [2.24, 2.45) is 0 Å². The van der Waals surface area contributed by atoms with E-state index >= 15 is 0 Å². The molecule has 6 heteroatoms. The largest absolute Gasteiger partial charge is 0.396 e. The molecule has 0 aromatic carbocycles. The van der Waals surface area contributed by atoms with Crippen molar-refractivity contribution in [1.82, 2.24) is 19.6 Å². The molecule has 0 saturated carbocycles. The molecule has 0 bridgehead atoms. The predicted octanol–water partition coefficient (Wildman–Crippen LogP) is 3.33. The molecule has 0 aliphatic rings. The number of aliphatic hydroxyl groups excluding tert-OH is 1. The van der Waals surface area contributed by atoms with Crippen molar-refractivity contribution in [2.75, 3.05) is 6.61 Å². The number of aliphatic hydroxyl groups is 1. The summed E-state index contributed by atoms with van der Waals surface area (Å²) in [7, 11) is -0.359. The van der Waals surface area contributed by atoms with Gasteiger partial charge in [-0.2, -0.15) is 0 Å². The summed E-state index contributed by atoms with van der Waals surface area (Å²) in [4.78, 5) is 3.27. The van der Waals surface area contributed by atoms with Gasteiger partial charge in [0.15, 0.2) is 5.65 Å². The lowest BCUT2D eigenvalue weighted by Gasteiger charge is -2.21. The molecular formula is C17H28N4OSi. The average molecular weight is 333 g/mol. The van der Waals surface area contributed by atoms with Gasteiger partial charge in [0.2, 0.25) is 0 Å². The minimum atomic E-state index is -0.359. The molecule has 0 aliphatic carbocycles. The van der Waals surface area contributed by atoms with Gasteiger partial charge in [-0.15, -0.1) is 10.2 Å². The average Bonchev–Trinajstić information content (AvgIpc) is 3.02. The molecule has 5 nitrogen and oxygen atoms in total. The second-order valence-electron chi connectivity index (χ2n) is 7.36. The summed E-state index contributed by atoms with van der Waals surface area (Å²) < 4.78 is 2.01. The molecule has 0 spiro atoms. The van der Waals surface area contributed by atoms with E-state index in [0.717, 1.165) is 28.2 Å².